The average molecular weight is 192 g/mol. The van der Waals surface area contributed by atoms with Crippen molar-refractivity contribution in [3.8, 4) is 0 Å². The normalized spacial score (nSPS) is 15.5. The third-order valence-electron chi connectivity index (χ3n) is 2.56. The van der Waals surface area contributed by atoms with Crippen LogP contribution in [0.5, 0.6) is 0 Å². The number of nitrogens with one attached hydrogen (secondary N) is 1. The van der Waals surface area contributed by atoms with Crippen LogP contribution in [0.15, 0.2) is 24.5 Å². The van der Waals surface area contributed by atoms with Crippen LogP contribution in [-0.2, 0) is 0 Å². The Bertz CT molecular complexity index is 256. The van der Waals surface area contributed by atoms with Gasteiger partial charge < -0.3 is 5.32 Å². The summed E-state index contributed by atoms with van der Waals surface area (Å²) in [7, 11) is 0. The SMILES string of the molecule is CC(C)NC(C)C(C)c1cccnc1. The molecular formula is C12H20N2. The van der Waals surface area contributed by atoms with Crippen LogP contribution in [0.25, 0.3) is 0 Å². The third kappa shape index (κ3) is 3.11. The second-order valence-corrected chi connectivity index (χ2v) is 4.19. The van der Waals surface area contributed by atoms with Crippen LogP contribution in [0.2, 0.25) is 0 Å². The van der Waals surface area contributed by atoms with Gasteiger partial charge in [-0.3, -0.25) is 4.98 Å². The van der Waals surface area contributed by atoms with Crippen molar-refractivity contribution in [1.29, 1.82) is 0 Å². The Labute approximate surface area is 86.8 Å². The first-order valence-corrected chi connectivity index (χ1v) is 5.27. The zero-order valence-electron chi connectivity index (χ0n) is 9.49. The zero-order chi connectivity index (χ0) is 10.6. The van der Waals surface area contributed by atoms with Crippen molar-refractivity contribution in [1.82, 2.24) is 10.3 Å². The highest BCUT2D eigenvalue weighted by Crippen LogP contribution is 2.17. The lowest BCUT2D eigenvalue weighted by atomic mass is 9.95. The number of hydrogen-bond acceptors (Lipinski definition) is 2. The molecular weight excluding hydrogens is 172 g/mol. The van der Waals surface area contributed by atoms with Gasteiger partial charge >= 0.3 is 0 Å². The molecule has 0 amide bonds. The van der Waals surface area contributed by atoms with Gasteiger partial charge in [0, 0.05) is 24.5 Å². The minimum absolute atomic E-state index is 0.485. The summed E-state index contributed by atoms with van der Waals surface area (Å²) in [5.74, 6) is 0.506. The molecule has 0 spiro atoms. The predicted molar refractivity (Wildman–Crippen MR) is 60.4 cm³/mol. The van der Waals surface area contributed by atoms with Gasteiger partial charge in [0.2, 0.25) is 0 Å². The van der Waals surface area contributed by atoms with Gasteiger partial charge in [0.15, 0.2) is 0 Å². The third-order valence-corrected chi connectivity index (χ3v) is 2.56. The summed E-state index contributed by atoms with van der Waals surface area (Å²) in [5, 5.41) is 3.51. The van der Waals surface area contributed by atoms with Crippen LogP contribution >= 0.6 is 0 Å². The van der Waals surface area contributed by atoms with Crippen molar-refractivity contribution in [3.63, 3.8) is 0 Å². The molecule has 2 nitrogen and oxygen atoms in total. The maximum absolute atomic E-state index is 4.14. The molecule has 1 N–H and O–H groups in total. The standard InChI is InChI=1S/C12H20N2/c1-9(2)14-11(4)10(3)12-6-5-7-13-8-12/h5-11,14H,1-4H3. The summed E-state index contributed by atoms with van der Waals surface area (Å²) >= 11 is 0. The Kier molecular flexibility index (Phi) is 4.08. The number of nitrogens with zero attached hydrogens (tertiary/aromatic N) is 1. The van der Waals surface area contributed by atoms with E-state index in [0.29, 0.717) is 18.0 Å². The highest BCUT2D eigenvalue weighted by molar-refractivity contribution is 5.15. The summed E-state index contributed by atoms with van der Waals surface area (Å²) in [6, 6.07) is 5.15. The molecule has 0 bridgehead atoms. The van der Waals surface area contributed by atoms with Gasteiger partial charge in [0.05, 0.1) is 0 Å². The summed E-state index contributed by atoms with van der Waals surface area (Å²) in [6.07, 6.45) is 3.76. The van der Waals surface area contributed by atoms with Crippen LogP contribution in [0.1, 0.15) is 39.2 Å². The van der Waals surface area contributed by atoms with Gasteiger partial charge in [-0.1, -0.05) is 26.8 Å². The van der Waals surface area contributed by atoms with Gasteiger partial charge in [-0.05, 0) is 24.5 Å². The van der Waals surface area contributed by atoms with Gasteiger partial charge in [-0.2, -0.15) is 0 Å². The monoisotopic (exact) mass is 192 g/mol. The molecule has 0 aliphatic rings. The second-order valence-electron chi connectivity index (χ2n) is 4.19. The Morgan fingerprint density at radius 1 is 1.21 bits per heavy atom. The number of pyridine rings is 1. The highest BCUT2D eigenvalue weighted by Gasteiger charge is 2.14. The van der Waals surface area contributed by atoms with Crippen molar-refractivity contribution in [2.24, 2.45) is 0 Å². The number of rotatable bonds is 4. The van der Waals surface area contributed by atoms with Crippen molar-refractivity contribution < 1.29 is 0 Å². The molecule has 0 aliphatic carbocycles. The topological polar surface area (TPSA) is 24.9 Å². The van der Waals surface area contributed by atoms with E-state index < -0.39 is 0 Å². The van der Waals surface area contributed by atoms with E-state index in [0.717, 1.165) is 0 Å². The smallest absolute Gasteiger partial charge is 0.0303 e. The molecule has 1 rings (SSSR count). The van der Waals surface area contributed by atoms with Gasteiger partial charge in [0.1, 0.15) is 0 Å². The quantitative estimate of drug-likeness (QED) is 0.793. The number of aromatic nitrogens is 1. The first-order valence-electron chi connectivity index (χ1n) is 5.27. The summed E-state index contributed by atoms with van der Waals surface area (Å²) < 4.78 is 0. The molecule has 0 fully saturated rings. The van der Waals surface area contributed by atoms with E-state index in [4.69, 9.17) is 0 Å². The molecule has 0 saturated heterocycles. The molecule has 78 valence electrons. The van der Waals surface area contributed by atoms with Crippen molar-refractivity contribution in [2.45, 2.75) is 45.7 Å². The largest absolute Gasteiger partial charge is 0.311 e. The van der Waals surface area contributed by atoms with E-state index in [9.17, 15) is 0 Å². The number of hydrogen-bond donors (Lipinski definition) is 1. The van der Waals surface area contributed by atoms with E-state index >= 15 is 0 Å². The van der Waals surface area contributed by atoms with Crippen molar-refractivity contribution in [3.05, 3.63) is 30.1 Å². The van der Waals surface area contributed by atoms with E-state index in [1.54, 1.807) is 0 Å². The first-order chi connectivity index (χ1) is 6.61. The Morgan fingerprint density at radius 2 is 1.93 bits per heavy atom. The molecule has 0 aromatic carbocycles. The second kappa shape index (κ2) is 5.11. The molecule has 1 aromatic heterocycles. The van der Waals surface area contributed by atoms with E-state index in [-0.39, 0.29) is 0 Å². The highest BCUT2D eigenvalue weighted by atomic mass is 14.9. The maximum Gasteiger partial charge on any atom is 0.0303 e. The minimum Gasteiger partial charge on any atom is -0.311 e. The fourth-order valence-electron chi connectivity index (χ4n) is 1.60. The molecule has 14 heavy (non-hydrogen) atoms. The van der Waals surface area contributed by atoms with Gasteiger partial charge in [-0.15, -0.1) is 0 Å². The molecule has 2 unspecified atom stereocenters. The van der Waals surface area contributed by atoms with Crippen molar-refractivity contribution in [2.75, 3.05) is 0 Å². The first kappa shape index (κ1) is 11.2. The minimum atomic E-state index is 0.485. The molecule has 0 aliphatic heterocycles. The fourth-order valence-corrected chi connectivity index (χ4v) is 1.60. The molecule has 1 heterocycles. The Balaban J connectivity index is 2.61. The van der Waals surface area contributed by atoms with E-state index in [1.807, 2.05) is 18.5 Å². The lowest BCUT2D eigenvalue weighted by molar-refractivity contribution is 0.439. The average Bonchev–Trinajstić information content (AvgIpc) is 2.17. The summed E-state index contributed by atoms with van der Waals surface area (Å²) in [5.41, 5.74) is 1.30. The maximum atomic E-state index is 4.14. The van der Waals surface area contributed by atoms with E-state index in [1.165, 1.54) is 5.56 Å². The van der Waals surface area contributed by atoms with Crippen LogP contribution in [0.3, 0.4) is 0 Å². The summed E-state index contributed by atoms with van der Waals surface area (Å²) in [4.78, 5) is 4.14. The van der Waals surface area contributed by atoms with Crippen LogP contribution < -0.4 is 5.32 Å². The fraction of sp³-hybridized carbons (Fsp3) is 0.583. The van der Waals surface area contributed by atoms with Crippen LogP contribution in [0, 0.1) is 0 Å². The van der Waals surface area contributed by atoms with Crippen LogP contribution in [0.4, 0.5) is 0 Å². The Hall–Kier alpha value is -0.890. The van der Waals surface area contributed by atoms with Gasteiger partial charge in [-0.25, -0.2) is 0 Å². The Morgan fingerprint density at radius 3 is 2.43 bits per heavy atom. The lowest BCUT2D eigenvalue weighted by Gasteiger charge is -2.23. The lowest BCUT2D eigenvalue weighted by Crippen LogP contribution is -2.36. The molecule has 2 heteroatoms. The van der Waals surface area contributed by atoms with Crippen molar-refractivity contribution >= 4 is 0 Å². The molecule has 0 radical (unpaired) electrons. The van der Waals surface area contributed by atoms with Crippen LogP contribution in [-0.4, -0.2) is 17.1 Å². The van der Waals surface area contributed by atoms with Gasteiger partial charge in [0.25, 0.3) is 0 Å². The van der Waals surface area contributed by atoms with E-state index in [2.05, 4.69) is 44.1 Å². The molecule has 1 aromatic rings. The predicted octanol–water partition coefficient (Wildman–Crippen LogP) is 2.57. The summed E-state index contributed by atoms with van der Waals surface area (Å²) in [6.45, 7) is 8.80. The molecule has 2 atom stereocenters. The molecule has 0 saturated carbocycles. The zero-order valence-corrected chi connectivity index (χ0v) is 9.49.